The highest BCUT2D eigenvalue weighted by molar-refractivity contribution is 9.10. The van der Waals surface area contributed by atoms with Crippen molar-refractivity contribution in [3.8, 4) is 0 Å². The van der Waals surface area contributed by atoms with Gasteiger partial charge in [0.25, 0.3) is 0 Å². The SMILES string of the molecule is Cc1cc(Br)cc2c(NN)ccnc12. The van der Waals surface area contributed by atoms with Gasteiger partial charge in [0.15, 0.2) is 0 Å². The second kappa shape index (κ2) is 3.55. The molecule has 4 heteroatoms. The number of benzene rings is 1. The molecule has 0 aliphatic heterocycles. The van der Waals surface area contributed by atoms with Gasteiger partial charge in [-0.3, -0.25) is 10.8 Å². The van der Waals surface area contributed by atoms with E-state index in [2.05, 4.69) is 26.3 Å². The van der Waals surface area contributed by atoms with Crippen LogP contribution in [0.1, 0.15) is 5.56 Å². The normalized spacial score (nSPS) is 10.5. The maximum Gasteiger partial charge on any atom is 0.0753 e. The second-order valence-electron chi connectivity index (χ2n) is 3.12. The Morgan fingerprint density at radius 3 is 2.93 bits per heavy atom. The number of nitrogens with one attached hydrogen (secondary N) is 1. The highest BCUT2D eigenvalue weighted by Crippen LogP contribution is 2.27. The van der Waals surface area contributed by atoms with E-state index in [9.17, 15) is 0 Å². The van der Waals surface area contributed by atoms with E-state index in [1.165, 1.54) is 0 Å². The van der Waals surface area contributed by atoms with Gasteiger partial charge in [-0.15, -0.1) is 0 Å². The van der Waals surface area contributed by atoms with E-state index < -0.39 is 0 Å². The molecular formula is C10H10BrN3. The molecule has 2 aromatic rings. The van der Waals surface area contributed by atoms with E-state index in [1.807, 2.05) is 25.1 Å². The number of hydrogen-bond donors (Lipinski definition) is 2. The van der Waals surface area contributed by atoms with Crippen LogP contribution in [0.5, 0.6) is 0 Å². The van der Waals surface area contributed by atoms with Gasteiger partial charge in [0.05, 0.1) is 11.2 Å². The number of nitrogen functional groups attached to an aromatic ring is 1. The average molecular weight is 252 g/mol. The van der Waals surface area contributed by atoms with E-state index in [-0.39, 0.29) is 0 Å². The predicted octanol–water partition coefficient (Wildman–Crippen LogP) is 2.59. The first-order valence-electron chi connectivity index (χ1n) is 4.24. The summed E-state index contributed by atoms with van der Waals surface area (Å²) in [5, 5.41) is 1.03. The van der Waals surface area contributed by atoms with Crippen LogP contribution in [0.25, 0.3) is 10.9 Å². The molecule has 0 spiro atoms. The van der Waals surface area contributed by atoms with Crippen molar-refractivity contribution in [1.29, 1.82) is 0 Å². The summed E-state index contributed by atoms with van der Waals surface area (Å²) >= 11 is 3.45. The summed E-state index contributed by atoms with van der Waals surface area (Å²) in [6, 6.07) is 5.90. The number of rotatable bonds is 1. The largest absolute Gasteiger partial charge is 0.323 e. The van der Waals surface area contributed by atoms with Gasteiger partial charge in [-0.2, -0.15) is 0 Å². The van der Waals surface area contributed by atoms with E-state index in [1.54, 1.807) is 6.20 Å². The number of aryl methyl sites for hydroxylation is 1. The van der Waals surface area contributed by atoms with Gasteiger partial charge in [-0.25, -0.2) is 0 Å². The topological polar surface area (TPSA) is 50.9 Å². The Balaban J connectivity index is 2.86. The Bertz CT molecular complexity index is 482. The lowest BCUT2D eigenvalue weighted by Gasteiger charge is -2.07. The Morgan fingerprint density at radius 1 is 1.43 bits per heavy atom. The van der Waals surface area contributed by atoms with Gasteiger partial charge in [-0.1, -0.05) is 15.9 Å². The molecule has 0 unspecified atom stereocenters. The molecular weight excluding hydrogens is 242 g/mol. The van der Waals surface area contributed by atoms with E-state index in [0.717, 1.165) is 26.6 Å². The number of hydrogen-bond acceptors (Lipinski definition) is 3. The minimum Gasteiger partial charge on any atom is -0.323 e. The van der Waals surface area contributed by atoms with E-state index in [0.29, 0.717) is 0 Å². The summed E-state index contributed by atoms with van der Waals surface area (Å²) in [6.45, 7) is 2.03. The van der Waals surface area contributed by atoms with Crippen molar-refractivity contribution in [2.45, 2.75) is 6.92 Å². The molecule has 0 aliphatic rings. The zero-order valence-corrected chi connectivity index (χ0v) is 9.30. The fourth-order valence-electron chi connectivity index (χ4n) is 1.51. The smallest absolute Gasteiger partial charge is 0.0753 e. The molecule has 1 aromatic carbocycles. The van der Waals surface area contributed by atoms with Crippen molar-refractivity contribution in [3.05, 3.63) is 34.4 Å². The molecule has 0 atom stereocenters. The molecule has 0 aliphatic carbocycles. The van der Waals surface area contributed by atoms with Crippen LogP contribution in [0.2, 0.25) is 0 Å². The monoisotopic (exact) mass is 251 g/mol. The van der Waals surface area contributed by atoms with Crippen molar-refractivity contribution in [3.63, 3.8) is 0 Å². The first kappa shape index (κ1) is 9.43. The number of nitrogens with two attached hydrogens (primary N) is 1. The number of fused-ring (bicyclic) bond motifs is 1. The first-order valence-corrected chi connectivity index (χ1v) is 5.03. The first-order chi connectivity index (χ1) is 6.72. The summed E-state index contributed by atoms with van der Waals surface area (Å²) in [4.78, 5) is 4.31. The van der Waals surface area contributed by atoms with Gasteiger partial charge in [0.1, 0.15) is 0 Å². The summed E-state index contributed by atoms with van der Waals surface area (Å²) in [6.07, 6.45) is 1.75. The third-order valence-corrected chi connectivity index (χ3v) is 2.61. The lowest BCUT2D eigenvalue weighted by Crippen LogP contribution is -2.07. The van der Waals surface area contributed by atoms with Crippen LogP contribution in [0, 0.1) is 6.92 Å². The van der Waals surface area contributed by atoms with Crippen LogP contribution in [0.4, 0.5) is 5.69 Å². The number of pyridine rings is 1. The van der Waals surface area contributed by atoms with E-state index in [4.69, 9.17) is 5.84 Å². The lowest BCUT2D eigenvalue weighted by atomic mass is 10.1. The van der Waals surface area contributed by atoms with Crippen molar-refractivity contribution < 1.29 is 0 Å². The van der Waals surface area contributed by atoms with Gasteiger partial charge >= 0.3 is 0 Å². The van der Waals surface area contributed by atoms with Crippen LogP contribution >= 0.6 is 15.9 Å². The minimum absolute atomic E-state index is 0.888. The zero-order valence-electron chi connectivity index (χ0n) is 7.71. The van der Waals surface area contributed by atoms with Gasteiger partial charge in [0, 0.05) is 16.1 Å². The summed E-state index contributed by atoms with van der Waals surface area (Å²) < 4.78 is 1.03. The minimum atomic E-state index is 0.888. The third kappa shape index (κ3) is 1.47. The van der Waals surface area contributed by atoms with Crippen molar-refractivity contribution in [2.75, 3.05) is 5.43 Å². The number of nitrogens with zero attached hydrogens (tertiary/aromatic N) is 1. The maximum absolute atomic E-state index is 5.42. The Kier molecular flexibility index (Phi) is 2.39. The standard InChI is InChI=1S/C10H10BrN3/c1-6-4-7(11)5-8-9(14-12)2-3-13-10(6)8/h2-5H,12H2,1H3,(H,13,14). The Morgan fingerprint density at radius 2 is 2.21 bits per heavy atom. The molecule has 3 nitrogen and oxygen atoms in total. The van der Waals surface area contributed by atoms with Crippen LogP contribution in [0.3, 0.4) is 0 Å². The molecule has 0 saturated heterocycles. The zero-order chi connectivity index (χ0) is 10.1. The number of halogens is 1. The number of aromatic nitrogens is 1. The molecule has 0 amide bonds. The molecule has 2 rings (SSSR count). The molecule has 1 heterocycles. The van der Waals surface area contributed by atoms with Gasteiger partial charge < -0.3 is 5.43 Å². The van der Waals surface area contributed by atoms with Gasteiger partial charge in [-0.05, 0) is 30.7 Å². The molecule has 0 radical (unpaired) electrons. The van der Waals surface area contributed by atoms with Crippen LogP contribution < -0.4 is 11.3 Å². The fourth-order valence-corrected chi connectivity index (χ4v) is 2.09. The fraction of sp³-hybridized carbons (Fsp3) is 0.100. The molecule has 72 valence electrons. The Labute approximate surface area is 90.4 Å². The second-order valence-corrected chi connectivity index (χ2v) is 4.04. The number of hydrazine groups is 1. The average Bonchev–Trinajstić information content (AvgIpc) is 2.17. The van der Waals surface area contributed by atoms with Gasteiger partial charge in [0.2, 0.25) is 0 Å². The quantitative estimate of drug-likeness (QED) is 0.605. The third-order valence-electron chi connectivity index (χ3n) is 2.16. The Hall–Kier alpha value is -1.13. The predicted molar refractivity (Wildman–Crippen MR) is 62.0 cm³/mol. The molecule has 3 N–H and O–H groups in total. The van der Waals surface area contributed by atoms with Crippen LogP contribution in [0.15, 0.2) is 28.9 Å². The number of anilines is 1. The van der Waals surface area contributed by atoms with Crippen LogP contribution in [-0.2, 0) is 0 Å². The van der Waals surface area contributed by atoms with Crippen molar-refractivity contribution in [1.82, 2.24) is 4.98 Å². The van der Waals surface area contributed by atoms with E-state index >= 15 is 0 Å². The summed E-state index contributed by atoms with van der Waals surface area (Å²) in [7, 11) is 0. The van der Waals surface area contributed by atoms with Crippen LogP contribution in [-0.4, -0.2) is 4.98 Å². The van der Waals surface area contributed by atoms with Crippen molar-refractivity contribution in [2.24, 2.45) is 5.84 Å². The highest BCUT2D eigenvalue weighted by atomic mass is 79.9. The van der Waals surface area contributed by atoms with Crippen molar-refractivity contribution >= 4 is 32.5 Å². The summed E-state index contributed by atoms with van der Waals surface area (Å²) in [5.41, 5.74) is 5.66. The maximum atomic E-state index is 5.42. The molecule has 0 saturated carbocycles. The molecule has 0 fully saturated rings. The molecule has 14 heavy (non-hydrogen) atoms. The highest BCUT2D eigenvalue weighted by Gasteiger charge is 2.04. The molecule has 0 bridgehead atoms. The lowest BCUT2D eigenvalue weighted by molar-refractivity contribution is 1.32. The molecule has 1 aromatic heterocycles. The summed E-state index contributed by atoms with van der Waals surface area (Å²) in [5.74, 6) is 5.42.